The molecule has 0 aliphatic heterocycles. The molecule has 22 heavy (non-hydrogen) atoms. The fourth-order valence-electron chi connectivity index (χ4n) is 1.71. The first-order valence-electron chi connectivity index (χ1n) is 5.81. The minimum atomic E-state index is -4.93. The highest BCUT2D eigenvalue weighted by atomic mass is 19.4. The maximum atomic E-state index is 13.1. The highest BCUT2D eigenvalue weighted by Gasteiger charge is 2.34. The number of hydrogen-bond acceptors (Lipinski definition) is 1. The van der Waals surface area contributed by atoms with Gasteiger partial charge in [0.1, 0.15) is 17.5 Å². The molecule has 1 amide bonds. The second-order valence-corrected chi connectivity index (χ2v) is 4.30. The first-order valence-corrected chi connectivity index (χ1v) is 5.81. The van der Waals surface area contributed by atoms with Crippen LogP contribution in [-0.2, 0) is 6.18 Å². The van der Waals surface area contributed by atoms with Crippen LogP contribution in [0.1, 0.15) is 15.9 Å². The predicted octanol–water partition coefficient (Wildman–Crippen LogP) is 4.38. The van der Waals surface area contributed by atoms with Gasteiger partial charge in [0, 0.05) is 17.3 Å². The average molecular weight is 319 g/mol. The van der Waals surface area contributed by atoms with Crippen LogP contribution in [0.4, 0.5) is 32.0 Å². The average Bonchev–Trinajstić information content (AvgIpc) is 2.38. The molecule has 2 aromatic rings. The van der Waals surface area contributed by atoms with E-state index in [1.165, 1.54) is 0 Å². The standard InChI is InChI=1S/C14H7F6NO/c15-8-3-7(4-9(16)5-8)13(22)21-10-1-2-12(17)11(6-10)14(18,19)20/h1-6H,(H,21,22). The summed E-state index contributed by atoms with van der Waals surface area (Å²) >= 11 is 0. The monoisotopic (exact) mass is 319 g/mol. The molecule has 2 rings (SSSR count). The van der Waals surface area contributed by atoms with Crippen molar-refractivity contribution < 1.29 is 31.1 Å². The van der Waals surface area contributed by atoms with Crippen LogP contribution < -0.4 is 5.32 Å². The third kappa shape index (κ3) is 3.57. The minimum Gasteiger partial charge on any atom is -0.322 e. The van der Waals surface area contributed by atoms with Gasteiger partial charge in [-0.25, -0.2) is 13.2 Å². The molecular weight excluding hydrogens is 312 g/mol. The van der Waals surface area contributed by atoms with Gasteiger partial charge >= 0.3 is 6.18 Å². The Kier molecular flexibility index (Phi) is 4.11. The Morgan fingerprint density at radius 3 is 2.05 bits per heavy atom. The summed E-state index contributed by atoms with van der Waals surface area (Å²) in [6.45, 7) is 0. The van der Waals surface area contributed by atoms with Crippen molar-refractivity contribution in [3.8, 4) is 0 Å². The van der Waals surface area contributed by atoms with Crippen molar-refractivity contribution in [1.82, 2.24) is 0 Å². The number of halogens is 6. The van der Waals surface area contributed by atoms with Crippen LogP contribution in [0.5, 0.6) is 0 Å². The van der Waals surface area contributed by atoms with Crippen LogP contribution in [-0.4, -0.2) is 5.91 Å². The van der Waals surface area contributed by atoms with Gasteiger partial charge < -0.3 is 5.32 Å². The van der Waals surface area contributed by atoms with Gasteiger partial charge in [-0.2, -0.15) is 13.2 Å². The molecule has 0 saturated carbocycles. The van der Waals surface area contributed by atoms with Crippen molar-refractivity contribution >= 4 is 11.6 Å². The molecule has 0 atom stereocenters. The zero-order valence-corrected chi connectivity index (χ0v) is 10.6. The Hall–Kier alpha value is -2.51. The van der Waals surface area contributed by atoms with E-state index in [0.717, 1.165) is 6.07 Å². The lowest BCUT2D eigenvalue weighted by molar-refractivity contribution is -0.139. The maximum absolute atomic E-state index is 13.1. The summed E-state index contributed by atoms with van der Waals surface area (Å²) in [6.07, 6.45) is -4.93. The summed E-state index contributed by atoms with van der Waals surface area (Å²) in [5.74, 6) is -4.55. The zero-order valence-electron chi connectivity index (χ0n) is 10.6. The van der Waals surface area contributed by atoms with Crippen molar-refractivity contribution in [3.05, 3.63) is 65.0 Å². The molecule has 2 aromatic carbocycles. The molecule has 0 fully saturated rings. The van der Waals surface area contributed by atoms with Crippen LogP contribution in [0.15, 0.2) is 36.4 Å². The maximum Gasteiger partial charge on any atom is 0.419 e. The topological polar surface area (TPSA) is 29.1 Å². The van der Waals surface area contributed by atoms with Gasteiger partial charge in [-0.05, 0) is 30.3 Å². The summed E-state index contributed by atoms with van der Waals surface area (Å²) in [7, 11) is 0. The van der Waals surface area contributed by atoms with Gasteiger partial charge in [0.15, 0.2) is 0 Å². The van der Waals surface area contributed by atoms with Gasteiger partial charge in [0.2, 0.25) is 0 Å². The van der Waals surface area contributed by atoms with Crippen molar-refractivity contribution in [2.45, 2.75) is 6.18 Å². The van der Waals surface area contributed by atoms with Crippen molar-refractivity contribution in [2.75, 3.05) is 5.32 Å². The summed E-state index contributed by atoms with van der Waals surface area (Å²) in [6, 6.07) is 3.79. The normalized spacial score (nSPS) is 11.4. The van der Waals surface area contributed by atoms with Crippen LogP contribution in [0.2, 0.25) is 0 Å². The van der Waals surface area contributed by atoms with E-state index >= 15 is 0 Å². The number of anilines is 1. The quantitative estimate of drug-likeness (QED) is 0.818. The van der Waals surface area contributed by atoms with Crippen molar-refractivity contribution in [3.63, 3.8) is 0 Å². The van der Waals surface area contributed by atoms with Crippen LogP contribution in [0, 0.1) is 17.5 Å². The summed E-state index contributed by atoms with van der Waals surface area (Å²) in [4.78, 5) is 11.7. The van der Waals surface area contributed by atoms with Gasteiger partial charge in [0.05, 0.1) is 5.56 Å². The number of amides is 1. The largest absolute Gasteiger partial charge is 0.419 e. The van der Waals surface area contributed by atoms with E-state index in [-0.39, 0.29) is 5.69 Å². The van der Waals surface area contributed by atoms with Gasteiger partial charge in [0.25, 0.3) is 5.91 Å². The van der Waals surface area contributed by atoms with Crippen molar-refractivity contribution in [2.24, 2.45) is 0 Å². The molecular formula is C14H7F6NO. The van der Waals surface area contributed by atoms with Gasteiger partial charge in [-0.1, -0.05) is 0 Å². The number of carbonyl (C=O) groups excluding carboxylic acids is 1. The second-order valence-electron chi connectivity index (χ2n) is 4.30. The Morgan fingerprint density at radius 2 is 1.50 bits per heavy atom. The van der Waals surface area contributed by atoms with E-state index < -0.39 is 40.7 Å². The third-order valence-corrected chi connectivity index (χ3v) is 2.65. The lowest BCUT2D eigenvalue weighted by Gasteiger charge is -2.11. The second kappa shape index (κ2) is 5.70. The van der Waals surface area contributed by atoms with Crippen molar-refractivity contribution in [1.29, 1.82) is 0 Å². The molecule has 0 radical (unpaired) electrons. The molecule has 0 aliphatic carbocycles. The number of carbonyl (C=O) groups is 1. The Bertz CT molecular complexity index is 706. The first kappa shape index (κ1) is 15.9. The third-order valence-electron chi connectivity index (χ3n) is 2.65. The number of rotatable bonds is 2. The Morgan fingerprint density at radius 1 is 0.909 bits per heavy atom. The summed E-state index contributed by atoms with van der Waals surface area (Å²) in [5, 5.41) is 2.01. The molecule has 2 nitrogen and oxygen atoms in total. The lowest BCUT2D eigenvalue weighted by atomic mass is 10.1. The molecule has 0 heterocycles. The van der Waals surface area contributed by atoms with E-state index in [1.54, 1.807) is 0 Å². The van der Waals surface area contributed by atoms with E-state index in [0.29, 0.717) is 30.3 Å². The fraction of sp³-hybridized carbons (Fsp3) is 0.0714. The summed E-state index contributed by atoms with van der Waals surface area (Å²) < 4.78 is 76.7. The number of alkyl halides is 3. The van der Waals surface area contributed by atoms with E-state index in [9.17, 15) is 31.1 Å². The number of nitrogens with one attached hydrogen (secondary N) is 1. The molecule has 0 spiro atoms. The zero-order chi connectivity index (χ0) is 16.5. The highest BCUT2D eigenvalue weighted by Crippen LogP contribution is 2.33. The van der Waals surface area contributed by atoms with E-state index in [4.69, 9.17) is 0 Å². The molecule has 0 bridgehead atoms. The molecule has 0 aliphatic rings. The molecule has 8 heteroatoms. The van der Waals surface area contributed by atoms with Crippen LogP contribution in [0.3, 0.4) is 0 Å². The lowest BCUT2D eigenvalue weighted by Crippen LogP contribution is -2.14. The summed E-state index contributed by atoms with van der Waals surface area (Å²) in [5.41, 5.74) is -2.34. The molecule has 1 N–H and O–H groups in total. The first-order chi connectivity index (χ1) is 10.2. The molecule has 0 aromatic heterocycles. The molecule has 116 valence electrons. The van der Waals surface area contributed by atoms with Gasteiger partial charge in [-0.3, -0.25) is 4.79 Å². The fourth-order valence-corrected chi connectivity index (χ4v) is 1.71. The molecule has 0 unspecified atom stereocenters. The highest BCUT2D eigenvalue weighted by molar-refractivity contribution is 6.04. The van der Waals surface area contributed by atoms with Gasteiger partial charge in [-0.15, -0.1) is 0 Å². The smallest absolute Gasteiger partial charge is 0.322 e. The SMILES string of the molecule is O=C(Nc1ccc(F)c(C(F)(F)F)c1)c1cc(F)cc(F)c1. The number of benzene rings is 2. The number of hydrogen-bond donors (Lipinski definition) is 1. The Balaban J connectivity index is 2.29. The van der Waals surface area contributed by atoms with Crippen LogP contribution in [0.25, 0.3) is 0 Å². The Labute approximate surface area is 120 Å². The van der Waals surface area contributed by atoms with E-state index in [2.05, 4.69) is 0 Å². The predicted molar refractivity (Wildman–Crippen MR) is 65.7 cm³/mol. The van der Waals surface area contributed by atoms with E-state index in [1.807, 2.05) is 5.32 Å². The van der Waals surface area contributed by atoms with Crippen LogP contribution >= 0.6 is 0 Å². The molecule has 0 saturated heterocycles. The minimum absolute atomic E-state index is 0.358.